The Kier molecular flexibility index (Phi) is 11.0. The molecule has 1 heterocycles. The molecule has 1 atom stereocenters. The number of carbonyl (C=O) groups is 3. The van der Waals surface area contributed by atoms with E-state index in [2.05, 4.69) is 27.4 Å². The van der Waals surface area contributed by atoms with Crippen LogP contribution >= 0.6 is 0 Å². The van der Waals surface area contributed by atoms with Crippen molar-refractivity contribution in [2.24, 2.45) is 23.3 Å². The Morgan fingerprint density at radius 1 is 1.00 bits per heavy atom. The molecule has 2 aromatic carbocycles. The summed E-state index contributed by atoms with van der Waals surface area (Å²) in [5.41, 5.74) is 14.9. The number of alkyl halides is 3. The Hall–Kier alpha value is -4.19. The van der Waals surface area contributed by atoms with Gasteiger partial charge in [0.2, 0.25) is 11.8 Å². The van der Waals surface area contributed by atoms with Gasteiger partial charge in [-0.2, -0.15) is 13.2 Å². The van der Waals surface area contributed by atoms with E-state index in [4.69, 9.17) is 21.4 Å². The first-order valence-corrected chi connectivity index (χ1v) is 13.2. The van der Waals surface area contributed by atoms with E-state index in [1.54, 1.807) is 6.20 Å². The maximum Gasteiger partial charge on any atom is 0.490 e. The summed E-state index contributed by atoms with van der Waals surface area (Å²) in [4.78, 5) is 41.2. The predicted molar refractivity (Wildman–Crippen MR) is 146 cm³/mol. The van der Waals surface area contributed by atoms with Crippen molar-refractivity contribution in [1.82, 2.24) is 15.3 Å². The number of hydrogen-bond acceptors (Lipinski definition) is 5. The van der Waals surface area contributed by atoms with E-state index < -0.39 is 12.1 Å². The van der Waals surface area contributed by atoms with Crippen molar-refractivity contribution >= 4 is 17.8 Å². The number of carboxylic acids is 1. The lowest BCUT2D eigenvalue weighted by atomic mass is 9.81. The van der Waals surface area contributed by atoms with Crippen LogP contribution < -0.4 is 16.8 Å². The molecule has 9 nitrogen and oxygen atoms in total. The van der Waals surface area contributed by atoms with E-state index in [9.17, 15) is 22.8 Å². The van der Waals surface area contributed by atoms with Crippen LogP contribution in [0.4, 0.5) is 13.2 Å². The maximum absolute atomic E-state index is 13.1. The number of nitrogens with zero attached hydrogens (tertiary/aromatic N) is 1. The zero-order chi connectivity index (χ0) is 30.0. The van der Waals surface area contributed by atoms with Gasteiger partial charge in [0.05, 0.1) is 24.4 Å². The molecule has 3 aromatic rings. The average Bonchev–Trinajstić information content (AvgIpc) is 3.43. The number of nitrogens with two attached hydrogens (primary N) is 2. The van der Waals surface area contributed by atoms with E-state index in [0.717, 1.165) is 53.9 Å². The Labute approximate surface area is 235 Å². The number of aromatic amines is 1. The number of nitrogens with one attached hydrogen (secondary N) is 2. The summed E-state index contributed by atoms with van der Waals surface area (Å²) in [6, 6.07) is 17.5. The van der Waals surface area contributed by atoms with Crippen molar-refractivity contribution in [2.75, 3.05) is 6.54 Å². The fourth-order valence-corrected chi connectivity index (χ4v) is 4.68. The predicted octanol–water partition coefficient (Wildman–Crippen LogP) is 3.90. The quantitative estimate of drug-likeness (QED) is 0.261. The summed E-state index contributed by atoms with van der Waals surface area (Å²) < 4.78 is 31.7. The van der Waals surface area contributed by atoms with Crippen LogP contribution in [0.25, 0.3) is 11.3 Å². The molecule has 0 radical (unpaired) electrons. The lowest BCUT2D eigenvalue weighted by Gasteiger charge is -2.28. The normalized spacial score (nSPS) is 17.6. The molecular weight excluding hydrogens is 539 g/mol. The van der Waals surface area contributed by atoms with Gasteiger partial charge < -0.3 is 26.9 Å². The standard InChI is InChI=1S/C27H33N5O2.C2HF3O2/c28-16-20-8-12-22(13-9-20)27(34)32-23(14-18-4-2-1-3-5-18)26-30-17-24(31-26)21-10-6-19(7-11-21)15-25(29)33;3-2(4,5)1(6)7/h1-7,10-11,17,20,22-23H,8-9,12-16,28H2,(H2,29,33)(H,30,31)(H,32,34);(H,6,7)/t20?,22?,23-;/m0./s1. The minimum atomic E-state index is -5.08. The first-order valence-electron chi connectivity index (χ1n) is 13.2. The average molecular weight is 574 g/mol. The summed E-state index contributed by atoms with van der Waals surface area (Å²) in [5.74, 6) is -1.74. The van der Waals surface area contributed by atoms with Gasteiger partial charge in [-0.15, -0.1) is 0 Å². The first-order chi connectivity index (χ1) is 19.5. The van der Waals surface area contributed by atoms with Gasteiger partial charge in [-0.25, -0.2) is 9.78 Å². The second-order valence-electron chi connectivity index (χ2n) is 10.0. The van der Waals surface area contributed by atoms with Crippen LogP contribution in [0.5, 0.6) is 0 Å². The third-order valence-corrected chi connectivity index (χ3v) is 6.96. The summed E-state index contributed by atoms with van der Waals surface area (Å²) in [5, 5.41) is 10.4. The Morgan fingerprint density at radius 2 is 1.61 bits per heavy atom. The monoisotopic (exact) mass is 573 g/mol. The molecular formula is C29H34F3N5O4. The molecule has 12 heteroatoms. The number of aromatic nitrogens is 2. The second-order valence-corrected chi connectivity index (χ2v) is 10.0. The molecule has 2 amide bonds. The maximum atomic E-state index is 13.1. The molecule has 1 aliphatic carbocycles. The highest BCUT2D eigenvalue weighted by molar-refractivity contribution is 5.79. The molecule has 0 aliphatic heterocycles. The number of carboxylic acid groups (broad SMARTS) is 1. The minimum absolute atomic E-state index is 0.0216. The number of carbonyl (C=O) groups excluding carboxylic acids is 2. The van der Waals surface area contributed by atoms with Crippen LogP contribution in [0.3, 0.4) is 0 Å². The molecule has 1 aliphatic rings. The van der Waals surface area contributed by atoms with Gasteiger partial charge in [0.15, 0.2) is 0 Å². The smallest absolute Gasteiger partial charge is 0.475 e. The van der Waals surface area contributed by atoms with Crippen molar-refractivity contribution in [3.05, 3.63) is 77.7 Å². The summed E-state index contributed by atoms with van der Waals surface area (Å²) in [6.07, 6.45) is 1.35. The molecule has 0 bridgehead atoms. The van der Waals surface area contributed by atoms with E-state index >= 15 is 0 Å². The van der Waals surface area contributed by atoms with Gasteiger partial charge in [-0.05, 0) is 61.3 Å². The SMILES string of the molecule is NCC1CCC(C(=O)N[C@@H](Cc2ccccc2)c2ncc(-c3ccc(CC(N)=O)cc3)[nH]2)CC1.O=C(O)C(F)(F)F. The number of rotatable bonds is 9. The van der Waals surface area contributed by atoms with Gasteiger partial charge >= 0.3 is 12.1 Å². The number of primary amides is 1. The largest absolute Gasteiger partial charge is 0.490 e. The highest BCUT2D eigenvalue weighted by Crippen LogP contribution is 2.29. The van der Waals surface area contributed by atoms with Crippen molar-refractivity contribution in [2.45, 2.75) is 50.7 Å². The molecule has 7 N–H and O–H groups in total. The van der Waals surface area contributed by atoms with E-state index in [1.165, 1.54) is 0 Å². The van der Waals surface area contributed by atoms with Gasteiger partial charge in [0, 0.05) is 5.92 Å². The summed E-state index contributed by atoms with van der Waals surface area (Å²) in [7, 11) is 0. The fourth-order valence-electron chi connectivity index (χ4n) is 4.68. The van der Waals surface area contributed by atoms with Gasteiger partial charge in [-0.3, -0.25) is 9.59 Å². The summed E-state index contributed by atoms with van der Waals surface area (Å²) >= 11 is 0. The second kappa shape index (κ2) is 14.4. The van der Waals surface area contributed by atoms with Gasteiger partial charge in [0.1, 0.15) is 5.82 Å². The van der Waals surface area contributed by atoms with Crippen LogP contribution in [-0.4, -0.2) is 45.6 Å². The first kappa shape index (κ1) is 31.3. The Balaban J connectivity index is 0.000000587. The van der Waals surface area contributed by atoms with E-state index in [0.29, 0.717) is 18.9 Å². The zero-order valence-electron chi connectivity index (χ0n) is 22.4. The van der Waals surface area contributed by atoms with Crippen LogP contribution in [0.2, 0.25) is 0 Å². The number of halogens is 3. The third-order valence-electron chi connectivity index (χ3n) is 6.96. The highest BCUT2D eigenvalue weighted by atomic mass is 19.4. The molecule has 1 saturated carbocycles. The molecule has 0 saturated heterocycles. The van der Waals surface area contributed by atoms with Crippen LogP contribution in [0.15, 0.2) is 60.8 Å². The molecule has 0 unspecified atom stereocenters. The van der Waals surface area contributed by atoms with Crippen LogP contribution in [0.1, 0.15) is 48.7 Å². The van der Waals surface area contributed by atoms with E-state index in [-0.39, 0.29) is 30.2 Å². The molecule has 41 heavy (non-hydrogen) atoms. The lowest BCUT2D eigenvalue weighted by molar-refractivity contribution is -0.192. The van der Waals surface area contributed by atoms with Crippen LogP contribution in [-0.2, 0) is 27.2 Å². The van der Waals surface area contributed by atoms with Crippen molar-refractivity contribution in [1.29, 1.82) is 0 Å². The number of amides is 2. The minimum Gasteiger partial charge on any atom is -0.475 e. The molecule has 0 spiro atoms. The molecule has 1 aromatic heterocycles. The van der Waals surface area contributed by atoms with Crippen LogP contribution in [0, 0.1) is 11.8 Å². The van der Waals surface area contributed by atoms with Crippen molar-refractivity contribution in [3.8, 4) is 11.3 Å². The third kappa shape index (κ3) is 9.75. The van der Waals surface area contributed by atoms with Gasteiger partial charge in [-0.1, -0.05) is 54.6 Å². The summed E-state index contributed by atoms with van der Waals surface area (Å²) in [6.45, 7) is 0.698. The lowest BCUT2D eigenvalue weighted by Crippen LogP contribution is -2.37. The van der Waals surface area contributed by atoms with E-state index in [1.807, 2.05) is 42.5 Å². The molecule has 1 fully saturated rings. The van der Waals surface area contributed by atoms with Crippen molar-refractivity contribution < 1.29 is 32.7 Å². The Morgan fingerprint density at radius 3 is 2.15 bits per heavy atom. The number of aliphatic carboxylic acids is 1. The topological polar surface area (TPSA) is 164 Å². The fraction of sp³-hybridized carbons (Fsp3) is 0.379. The molecule has 220 valence electrons. The number of H-pyrrole nitrogens is 1. The zero-order valence-corrected chi connectivity index (χ0v) is 22.4. The molecule has 4 rings (SSSR count). The number of benzene rings is 2. The van der Waals surface area contributed by atoms with Gasteiger partial charge in [0.25, 0.3) is 0 Å². The van der Waals surface area contributed by atoms with Crippen molar-refractivity contribution in [3.63, 3.8) is 0 Å². The number of hydrogen-bond donors (Lipinski definition) is 5. The Bertz CT molecular complexity index is 1290. The number of imidazole rings is 1. The highest BCUT2D eigenvalue weighted by Gasteiger charge is 2.38.